The molecule has 1 unspecified atom stereocenters. The second kappa shape index (κ2) is 12.6. The topological polar surface area (TPSA) is 67.4 Å². The number of ether oxygens (including phenoxy) is 1. The van der Waals surface area contributed by atoms with Crippen LogP contribution < -0.4 is 15.4 Å². The number of rotatable bonds is 8. The maximum Gasteiger partial charge on any atom is 0.422 e. The molecule has 4 aromatic rings. The van der Waals surface area contributed by atoms with Gasteiger partial charge in [0.05, 0.1) is 7.11 Å². The SMILES string of the molecule is COc1ccc(C(=O)Nc2ccc(SC(C(=O)Nc3c(F)c(F)c(C(F)(F)F)c(F)c3F)c3ccccc3)cc2)cc1. The fourth-order valence-corrected chi connectivity index (χ4v) is 4.80. The molecule has 0 saturated heterocycles. The summed E-state index contributed by atoms with van der Waals surface area (Å²) < 4.78 is 101. The predicted octanol–water partition coefficient (Wildman–Crippen LogP) is 7.99. The van der Waals surface area contributed by atoms with E-state index in [9.17, 15) is 40.3 Å². The Morgan fingerprint density at radius 1 is 0.762 bits per heavy atom. The number of thioether (sulfide) groups is 1. The van der Waals surface area contributed by atoms with Gasteiger partial charge in [-0.3, -0.25) is 9.59 Å². The molecule has 0 bridgehead atoms. The van der Waals surface area contributed by atoms with Crippen LogP contribution in [0, 0.1) is 23.3 Å². The van der Waals surface area contributed by atoms with E-state index >= 15 is 0 Å². The normalized spacial score (nSPS) is 12.0. The minimum absolute atomic E-state index is 0.311. The number of halogens is 7. The molecule has 2 N–H and O–H groups in total. The molecule has 0 radical (unpaired) electrons. The number of nitrogens with one attached hydrogen (secondary N) is 2. The lowest BCUT2D eigenvalue weighted by molar-refractivity contribution is -0.143. The highest BCUT2D eigenvalue weighted by Crippen LogP contribution is 2.40. The molecule has 42 heavy (non-hydrogen) atoms. The van der Waals surface area contributed by atoms with Gasteiger partial charge in [-0.1, -0.05) is 30.3 Å². The Labute approximate surface area is 238 Å². The summed E-state index contributed by atoms with van der Waals surface area (Å²) in [5.41, 5.74) is -3.36. The second-order valence-corrected chi connectivity index (χ2v) is 9.79. The van der Waals surface area contributed by atoms with Crippen molar-refractivity contribution in [2.45, 2.75) is 16.3 Å². The van der Waals surface area contributed by atoms with Crippen LogP contribution in [-0.2, 0) is 11.0 Å². The van der Waals surface area contributed by atoms with Crippen molar-refractivity contribution >= 4 is 35.0 Å². The highest BCUT2D eigenvalue weighted by molar-refractivity contribution is 8.00. The standard InChI is InChI=1S/C29H19F7N2O3S/c1-41-18-11-7-16(8-12-18)27(39)37-17-9-13-19(14-10-17)42-26(15-5-3-2-4-6-15)28(40)38-25-23(32)21(30)20(29(34,35)36)22(31)24(25)33/h2-14,26H,1H3,(H,37,39)(H,38,40). The lowest BCUT2D eigenvalue weighted by Crippen LogP contribution is -2.23. The first-order valence-corrected chi connectivity index (χ1v) is 12.8. The number of hydrogen-bond donors (Lipinski definition) is 2. The summed E-state index contributed by atoms with van der Waals surface area (Å²) >= 11 is 0.874. The highest BCUT2D eigenvalue weighted by atomic mass is 32.2. The minimum Gasteiger partial charge on any atom is -0.497 e. The zero-order chi connectivity index (χ0) is 30.6. The quantitative estimate of drug-likeness (QED) is 0.121. The Morgan fingerprint density at radius 3 is 1.86 bits per heavy atom. The van der Waals surface area contributed by atoms with E-state index in [-0.39, 0.29) is 0 Å². The molecule has 1 atom stereocenters. The first-order valence-electron chi connectivity index (χ1n) is 11.9. The van der Waals surface area contributed by atoms with Crippen molar-refractivity contribution in [3.63, 3.8) is 0 Å². The van der Waals surface area contributed by atoms with Gasteiger partial charge in [0, 0.05) is 16.1 Å². The molecule has 0 fully saturated rings. The van der Waals surface area contributed by atoms with Crippen LogP contribution in [0.25, 0.3) is 0 Å². The number of alkyl halides is 3. The van der Waals surface area contributed by atoms with Gasteiger partial charge in [0.2, 0.25) is 5.91 Å². The molecule has 218 valence electrons. The Morgan fingerprint density at radius 2 is 1.33 bits per heavy atom. The molecule has 5 nitrogen and oxygen atoms in total. The molecule has 0 spiro atoms. The van der Waals surface area contributed by atoms with Crippen molar-refractivity contribution in [2.24, 2.45) is 0 Å². The minimum atomic E-state index is -5.72. The van der Waals surface area contributed by atoms with Crippen LogP contribution in [0.4, 0.5) is 42.1 Å². The summed E-state index contributed by atoms with van der Waals surface area (Å²) in [5, 5.41) is 3.13. The molecular weight excluding hydrogens is 589 g/mol. The second-order valence-electron chi connectivity index (χ2n) is 8.61. The molecule has 0 heterocycles. The number of benzene rings is 4. The van der Waals surface area contributed by atoms with Crippen molar-refractivity contribution in [3.05, 3.63) is 119 Å². The molecule has 0 aliphatic heterocycles. The van der Waals surface area contributed by atoms with Crippen LogP contribution in [0.15, 0.2) is 83.8 Å². The van der Waals surface area contributed by atoms with Crippen molar-refractivity contribution in [3.8, 4) is 5.75 Å². The van der Waals surface area contributed by atoms with E-state index in [0.29, 0.717) is 27.5 Å². The van der Waals surface area contributed by atoms with Crippen LogP contribution in [0.2, 0.25) is 0 Å². The van der Waals surface area contributed by atoms with Crippen molar-refractivity contribution in [1.29, 1.82) is 0 Å². The average Bonchev–Trinajstić information content (AvgIpc) is 2.97. The summed E-state index contributed by atoms with van der Waals surface area (Å²) in [6.45, 7) is 0. The maximum absolute atomic E-state index is 14.5. The van der Waals surface area contributed by atoms with E-state index in [4.69, 9.17) is 4.74 Å². The van der Waals surface area contributed by atoms with Gasteiger partial charge >= 0.3 is 6.18 Å². The zero-order valence-corrected chi connectivity index (χ0v) is 22.2. The van der Waals surface area contributed by atoms with E-state index in [2.05, 4.69) is 5.32 Å². The summed E-state index contributed by atoms with van der Waals surface area (Å²) in [6, 6.07) is 20.3. The lowest BCUT2D eigenvalue weighted by atomic mass is 10.1. The van der Waals surface area contributed by atoms with E-state index in [0.717, 1.165) is 11.8 Å². The number of amides is 2. The molecule has 0 saturated carbocycles. The monoisotopic (exact) mass is 608 g/mol. The molecule has 0 aromatic heterocycles. The van der Waals surface area contributed by atoms with Gasteiger partial charge in [0.15, 0.2) is 23.3 Å². The number of carbonyl (C=O) groups is 2. The number of methoxy groups -OCH3 is 1. The molecule has 13 heteroatoms. The van der Waals surface area contributed by atoms with Crippen LogP contribution >= 0.6 is 11.8 Å². The summed E-state index contributed by atoms with van der Waals surface area (Å²) in [4.78, 5) is 26.1. The third-order valence-electron chi connectivity index (χ3n) is 5.85. The number of carbonyl (C=O) groups excluding carboxylic acids is 2. The molecule has 4 rings (SSSR count). The number of hydrogen-bond acceptors (Lipinski definition) is 4. The first-order chi connectivity index (χ1) is 19.9. The Bertz CT molecular complexity index is 1570. The van der Waals surface area contributed by atoms with Crippen LogP contribution in [0.5, 0.6) is 5.75 Å². The van der Waals surface area contributed by atoms with E-state index in [1.807, 2.05) is 0 Å². The van der Waals surface area contributed by atoms with Crippen LogP contribution in [0.3, 0.4) is 0 Å². The van der Waals surface area contributed by atoms with Crippen LogP contribution in [0.1, 0.15) is 26.7 Å². The van der Waals surface area contributed by atoms with Crippen LogP contribution in [-0.4, -0.2) is 18.9 Å². The average molecular weight is 609 g/mol. The Balaban J connectivity index is 1.56. The number of anilines is 2. The zero-order valence-electron chi connectivity index (χ0n) is 21.4. The third kappa shape index (κ3) is 6.68. The summed E-state index contributed by atoms with van der Waals surface area (Å²) in [5.74, 6) is -11.2. The van der Waals surface area contributed by atoms with Crippen molar-refractivity contribution in [1.82, 2.24) is 0 Å². The van der Waals surface area contributed by atoms with Gasteiger partial charge in [-0.2, -0.15) is 13.2 Å². The highest BCUT2D eigenvalue weighted by Gasteiger charge is 2.42. The fraction of sp³-hybridized carbons (Fsp3) is 0.103. The largest absolute Gasteiger partial charge is 0.497 e. The van der Waals surface area contributed by atoms with Gasteiger partial charge in [-0.25, -0.2) is 17.6 Å². The van der Waals surface area contributed by atoms with Gasteiger partial charge < -0.3 is 15.4 Å². The van der Waals surface area contributed by atoms with Gasteiger partial charge in [-0.05, 0) is 54.1 Å². The van der Waals surface area contributed by atoms with Gasteiger partial charge in [-0.15, -0.1) is 11.8 Å². The molecular formula is C29H19F7N2O3S. The third-order valence-corrected chi connectivity index (χ3v) is 7.12. The molecule has 2 amide bonds. The molecule has 0 aliphatic carbocycles. The van der Waals surface area contributed by atoms with E-state index in [1.165, 1.54) is 43.5 Å². The Hall–Kier alpha value is -4.52. The lowest BCUT2D eigenvalue weighted by Gasteiger charge is -2.19. The summed E-state index contributed by atoms with van der Waals surface area (Å²) in [6.07, 6.45) is -5.72. The van der Waals surface area contributed by atoms with Crippen molar-refractivity contribution < 1.29 is 45.1 Å². The molecule has 4 aromatic carbocycles. The maximum atomic E-state index is 14.5. The Kier molecular flexibility index (Phi) is 9.10. The smallest absolute Gasteiger partial charge is 0.422 e. The van der Waals surface area contributed by atoms with Gasteiger partial charge in [0.1, 0.15) is 22.3 Å². The van der Waals surface area contributed by atoms with Crippen molar-refractivity contribution in [2.75, 3.05) is 17.7 Å². The summed E-state index contributed by atoms with van der Waals surface area (Å²) in [7, 11) is 1.49. The predicted molar refractivity (Wildman–Crippen MR) is 142 cm³/mol. The molecule has 0 aliphatic rings. The van der Waals surface area contributed by atoms with E-state index in [1.54, 1.807) is 47.8 Å². The fourth-order valence-electron chi connectivity index (χ4n) is 3.78. The van der Waals surface area contributed by atoms with Gasteiger partial charge in [0.25, 0.3) is 5.91 Å². The first kappa shape index (κ1) is 30.4. The van der Waals surface area contributed by atoms with E-state index < -0.39 is 57.8 Å².